The van der Waals surface area contributed by atoms with Crippen molar-refractivity contribution >= 4 is 39.8 Å². The molecular weight excluding hydrogens is 306 g/mol. The number of aromatic nitrogens is 3. The quantitative estimate of drug-likeness (QED) is 0.333. The van der Waals surface area contributed by atoms with Crippen molar-refractivity contribution < 1.29 is 5.21 Å². The minimum atomic E-state index is 0.0250. The lowest BCUT2D eigenvalue weighted by Crippen LogP contribution is -2.15. The zero-order valence-electron chi connectivity index (χ0n) is 11.0. The van der Waals surface area contributed by atoms with Crippen LogP contribution in [0.4, 0.5) is 0 Å². The van der Waals surface area contributed by atoms with Crippen molar-refractivity contribution in [3.8, 4) is 0 Å². The number of nitrogens with zero attached hydrogens (tertiary/aromatic N) is 4. The molecule has 0 spiro atoms. The molecule has 3 rings (SSSR count). The average molecular weight is 317 g/mol. The van der Waals surface area contributed by atoms with Crippen LogP contribution in [0.3, 0.4) is 0 Å². The minimum Gasteiger partial charge on any atom is -0.409 e. The van der Waals surface area contributed by atoms with Crippen molar-refractivity contribution in [2.24, 2.45) is 10.9 Å². The Bertz CT molecular complexity index is 830. The number of amidine groups is 1. The van der Waals surface area contributed by atoms with Crippen LogP contribution in [-0.2, 0) is 0 Å². The first-order chi connectivity index (χ1) is 10.2. The molecule has 0 radical (unpaired) electrons. The van der Waals surface area contributed by atoms with Crippen molar-refractivity contribution in [1.82, 2.24) is 15.2 Å². The molecule has 0 bridgehead atoms. The first-order valence-corrected chi connectivity index (χ1v) is 7.66. The van der Waals surface area contributed by atoms with E-state index in [0.29, 0.717) is 10.6 Å². The summed E-state index contributed by atoms with van der Waals surface area (Å²) in [4.78, 5) is 4.58. The highest BCUT2D eigenvalue weighted by Gasteiger charge is 2.14. The van der Waals surface area contributed by atoms with Crippen molar-refractivity contribution in [2.45, 2.75) is 16.3 Å². The number of rotatable bonds is 3. The summed E-state index contributed by atoms with van der Waals surface area (Å²) in [5.41, 5.74) is 7.18. The Morgan fingerprint density at radius 1 is 1.33 bits per heavy atom. The molecule has 8 heteroatoms. The van der Waals surface area contributed by atoms with Crippen LogP contribution < -0.4 is 5.73 Å². The molecule has 21 heavy (non-hydrogen) atoms. The van der Waals surface area contributed by atoms with E-state index in [-0.39, 0.29) is 5.84 Å². The number of para-hydroxylation sites is 1. The van der Waals surface area contributed by atoms with Gasteiger partial charge in [-0.15, -0.1) is 10.2 Å². The summed E-state index contributed by atoms with van der Waals surface area (Å²) in [5, 5.41) is 22.5. The molecule has 0 saturated heterocycles. The predicted octanol–water partition coefficient (Wildman–Crippen LogP) is 2.64. The van der Waals surface area contributed by atoms with Gasteiger partial charge in [-0.05, 0) is 30.8 Å². The van der Waals surface area contributed by atoms with E-state index in [1.807, 2.05) is 37.3 Å². The standard InChI is InChI=1S/C13H11N5OS2/c1-7-16-17-13(20-7)21-12-9(11(14)18-19)6-8-4-2-3-5-10(8)15-12/h2-6,19H,1H3,(H2,14,18). The van der Waals surface area contributed by atoms with Gasteiger partial charge in [0, 0.05) is 5.39 Å². The molecule has 0 fully saturated rings. The summed E-state index contributed by atoms with van der Waals surface area (Å²) in [6.07, 6.45) is 0. The van der Waals surface area contributed by atoms with E-state index in [4.69, 9.17) is 10.9 Å². The normalized spacial score (nSPS) is 12.0. The summed E-state index contributed by atoms with van der Waals surface area (Å²) in [5.74, 6) is 0.0250. The maximum absolute atomic E-state index is 8.96. The van der Waals surface area contributed by atoms with Crippen LogP contribution in [0.1, 0.15) is 10.6 Å². The van der Waals surface area contributed by atoms with E-state index in [1.165, 1.54) is 23.1 Å². The molecule has 3 aromatic rings. The van der Waals surface area contributed by atoms with Crippen LogP contribution in [-0.4, -0.2) is 26.2 Å². The third-order valence-corrected chi connectivity index (χ3v) is 4.66. The predicted molar refractivity (Wildman–Crippen MR) is 83.0 cm³/mol. The number of pyridine rings is 1. The van der Waals surface area contributed by atoms with Gasteiger partial charge in [0.05, 0.1) is 11.1 Å². The third-order valence-electron chi connectivity index (χ3n) is 2.76. The molecule has 0 saturated carbocycles. The summed E-state index contributed by atoms with van der Waals surface area (Å²) < 4.78 is 0.766. The highest BCUT2D eigenvalue weighted by molar-refractivity contribution is 8.01. The molecule has 0 aliphatic heterocycles. The van der Waals surface area contributed by atoms with Gasteiger partial charge in [0.1, 0.15) is 10.0 Å². The Balaban J connectivity index is 2.13. The largest absolute Gasteiger partial charge is 0.409 e. The Labute approximate surface area is 128 Å². The van der Waals surface area contributed by atoms with Gasteiger partial charge in [-0.1, -0.05) is 34.7 Å². The number of oxime groups is 1. The molecule has 2 heterocycles. The van der Waals surface area contributed by atoms with Gasteiger partial charge in [-0.3, -0.25) is 0 Å². The van der Waals surface area contributed by atoms with Gasteiger partial charge >= 0.3 is 0 Å². The summed E-state index contributed by atoms with van der Waals surface area (Å²) >= 11 is 2.83. The van der Waals surface area contributed by atoms with E-state index in [1.54, 1.807) is 0 Å². The van der Waals surface area contributed by atoms with Gasteiger partial charge in [-0.2, -0.15) is 0 Å². The van der Waals surface area contributed by atoms with Crippen LogP contribution in [0.25, 0.3) is 10.9 Å². The number of aryl methyl sites for hydroxylation is 1. The number of nitrogens with two attached hydrogens (primary N) is 1. The monoisotopic (exact) mass is 317 g/mol. The second-order valence-corrected chi connectivity index (χ2v) is 6.63. The zero-order chi connectivity index (χ0) is 14.8. The fourth-order valence-electron chi connectivity index (χ4n) is 1.82. The van der Waals surface area contributed by atoms with Crippen LogP contribution in [0.5, 0.6) is 0 Å². The Morgan fingerprint density at radius 3 is 2.86 bits per heavy atom. The zero-order valence-corrected chi connectivity index (χ0v) is 12.6. The molecule has 3 N–H and O–H groups in total. The molecule has 0 atom stereocenters. The second-order valence-electron chi connectivity index (χ2n) is 4.21. The van der Waals surface area contributed by atoms with Gasteiger partial charge in [0.2, 0.25) is 0 Å². The lowest BCUT2D eigenvalue weighted by molar-refractivity contribution is 0.318. The molecule has 0 amide bonds. The number of hydrogen-bond donors (Lipinski definition) is 2. The van der Waals surface area contributed by atoms with Crippen LogP contribution in [0.15, 0.2) is 44.9 Å². The van der Waals surface area contributed by atoms with E-state index in [9.17, 15) is 0 Å². The minimum absolute atomic E-state index is 0.0250. The lowest BCUT2D eigenvalue weighted by atomic mass is 10.1. The fourth-order valence-corrected chi connectivity index (χ4v) is 3.66. The van der Waals surface area contributed by atoms with E-state index < -0.39 is 0 Å². The van der Waals surface area contributed by atoms with Gasteiger partial charge in [0.25, 0.3) is 0 Å². The number of benzene rings is 1. The Hall–Kier alpha value is -2.19. The average Bonchev–Trinajstić information content (AvgIpc) is 2.91. The van der Waals surface area contributed by atoms with Crippen molar-refractivity contribution in [2.75, 3.05) is 0 Å². The maximum Gasteiger partial charge on any atom is 0.180 e. The lowest BCUT2D eigenvalue weighted by Gasteiger charge is -2.07. The van der Waals surface area contributed by atoms with Crippen LogP contribution >= 0.6 is 23.1 Å². The molecule has 0 unspecified atom stereocenters. The summed E-state index contributed by atoms with van der Waals surface area (Å²) in [6.45, 7) is 1.89. The first kappa shape index (κ1) is 13.8. The van der Waals surface area contributed by atoms with E-state index in [2.05, 4.69) is 20.3 Å². The second kappa shape index (κ2) is 5.66. The highest BCUT2D eigenvalue weighted by Crippen LogP contribution is 2.32. The number of hydrogen-bond acceptors (Lipinski definition) is 7. The topological polar surface area (TPSA) is 97.3 Å². The number of fused-ring (bicyclic) bond motifs is 1. The van der Waals surface area contributed by atoms with Crippen molar-refractivity contribution in [3.63, 3.8) is 0 Å². The first-order valence-electron chi connectivity index (χ1n) is 6.03. The summed E-state index contributed by atoms with van der Waals surface area (Å²) in [6, 6.07) is 9.54. The third kappa shape index (κ3) is 2.81. The van der Waals surface area contributed by atoms with Gasteiger partial charge in [-0.25, -0.2) is 4.98 Å². The van der Waals surface area contributed by atoms with Crippen molar-refractivity contribution in [1.29, 1.82) is 0 Å². The van der Waals surface area contributed by atoms with Crippen LogP contribution in [0, 0.1) is 6.92 Å². The van der Waals surface area contributed by atoms with E-state index in [0.717, 1.165) is 20.3 Å². The SMILES string of the molecule is Cc1nnc(Sc2nc3ccccc3cc2C(N)=NO)s1. The Kier molecular flexibility index (Phi) is 3.72. The molecule has 2 aromatic heterocycles. The molecule has 106 valence electrons. The van der Waals surface area contributed by atoms with Crippen molar-refractivity contribution in [3.05, 3.63) is 40.9 Å². The molecule has 0 aliphatic rings. The van der Waals surface area contributed by atoms with Crippen LogP contribution in [0.2, 0.25) is 0 Å². The maximum atomic E-state index is 8.96. The van der Waals surface area contributed by atoms with Gasteiger partial charge in [0.15, 0.2) is 10.2 Å². The van der Waals surface area contributed by atoms with E-state index >= 15 is 0 Å². The highest BCUT2D eigenvalue weighted by atomic mass is 32.2. The fraction of sp³-hybridized carbons (Fsp3) is 0.0769. The summed E-state index contributed by atoms with van der Waals surface area (Å²) in [7, 11) is 0. The smallest absolute Gasteiger partial charge is 0.180 e. The van der Waals surface area contributed by atoms with Gasteiger partial charge < -0.3 is 10.9 Å². The molecule has 6 nitrogen and oxygen atoms in total. The Morgan fingerprint density at radius 2 is 2.14 bits per heavy atom. The molecule has 1 aromatic carbocycles. The molecular formula is C13H11N5OS2. The molecule has 0 aliphatic carbocycles.